The van der Waals surface area contributed by atoms with Gasteiger partial charge in [-0.3, -0.25) is 4.98 Å². The van der Waals surface area contributed by atoms with Crippen LogP contribution in [-0.2, 0) is 23.6 Å². The zero-order valence-corrected chi connectivity index (χ0v) is 10.3. The topological polar surface area (TPSA) is 59.9 Å². The maximum atomic E-state index is 12.2. The van der Waals surface area contributed by atoms with Gasteiger partial charge < -0.3 is 4.55 Å². The van der Waals surface area contributed by atoms with Gasteiger partial charge in [0.1, 0.15) is 23.2 Å². The van der Waals surface area contributed by atoms with E-state index in [1.54, 1.807) is 6.19 Å². The molecule has 1 N–H and O–H groups in total. The first-order valence-electron chi connectivity index (χ1n) is 4.89. The van der Waals surface area contributed by atoms with Gasteiger partial charge in [0.15, 0.2) is 5.26 Å². The first kappa shape index (κ1) is 14.6. The smallest absolute Gasteiger partial charge is 0.306 e. The number of hydrogen-bond donors (Lipinski definition) is 1. The molecule has 0 aliphatic heterocycles. The molecule has 0 saturated heterocycles. The normalized spacial score (nSPS) is 13.9. The molecule has 98 valence electrons. The average molecular weight is 278 g/mol. The molecule has 0 spiro atoms. The van der Waals surface area contributed by atoms with Crippen LogP contribution in [0.2, 0.25) is 0 Å². The maximum absolute atomic E-state index is 12.2. The molecule has 0 fully saturated rings. The summed E-state index contributed by atoms with van der Waals surface area (Å²) in [6.45, 7) is 0.236. The molecule has 0 aliphatic rings. The van der Waals surface area contributed by atoms with Crippen molar-refractivity contribution in [2.75, 3.05) is 12.8 Å². The minimum Gasteiger partial charge on any atom is -0.306 e. The SMILES string of the molecule is CS(O)=[N+](C#N)CCc1ccc(C(F)(F)F)nc1. The lowest BCUT2D eigenvalue weighted by atomic mass is 10.2. The summed E-state index contributed by atoms with van der Waals surface area (Å²) in [5.41, 5.74) is -0.366. The molecule has 0 aromatic carbocycles. The maximum Gasteiger partial charge on any atom is 0.467 e. The molecule has 1 aromatic heterocycles. The van der Waals surface area contributed by atoms with Crippen molar-refractivity contribution in [3.8, 4) is 6.19 Å². The lowest BCUT2D eigenvalue weighted by Gasteiger charge is -2.06. The summed E-state index contributed by atoms with van der Waals surface area (Å²) in [5.74, 6) is 0. The van der Waals surface area contributed by atoms with Gasteiger partial charge in [0, 0.05) is 18.9 Å². The van der Waals surface area contributed by atoms with E-state index in [9.17, 15) is 17.7 Å². The van der Waals surface area contributed by atoms with E-state index in [0.717, 1.165) is 16.2 Å². The van der Waals surface area contributed by atoms with Crippen LogP contribution in [0.5, 0.6) is 0 Å². The zero-order valence-electron chi connectivity index (χ0n) is 9.48. The van der Waals surface area contributed by atoms with Crippen LogP contribution in [0.3, 0.4) is 0 Å². The first-order chi connectivity index (χ1) is 8.34. The van der Waals surface area contributed by atoms with Crippen molar-refractivity contribution in [2.45, 2.75) is 12.6 Å². The number of pyridine rings is 1. The van der Waals surface area contributed by atoms with Crippen LogP contribution in [0, 0.1) is 11.5 Å². The second-order valence-corrected chi connectivity index (χ2v) is 4.78. The molecular formula is C10H11F3N3OS+. The second kappa shape index (κ2) is 5.93. The molecule has 0 saturated carbocycles. The molecule has 4 nitrogen and oxygen atoms in total. The van der Waals surface area contributed by atoms with E-state index < -0.39 is 22.8 Å². The minimum atomic E-state index is -4.45. The van der Waals surface area contributed by atoms with Gasteiger partial charge in [0.25, 0.3) is 0 Å². The van der Waals surface area contributed by atoms with Gasteiger partial charge in [-0.1, -0.05) is 6.07 Å². The van der Waals surface area contributed by atoms with Crippen LogP contribution in [0.4, 0.5) is 13.2 Å². The molecule has 1 atom stereocenters. The van der Waals surface area contributed by atoms with E-state index in [4.69, 9.17) is 5.26 Å². The molecule has 0 bridgehead atoms. The van der Waals surface area contributed by atoms with Crippen LogP contribution in [-0.4, -0.2) is 26.3 Å². The van der Waals surface area contributed by atoms with Crippen molar-refractivity contribution < 1.29 is 21.7 Å². The van der Waals surface area contributed by atoms with E-state index in [1.165, 1.54) is 12.3 Å². The van der Waals surface area contributed by atoms with Gasteiger partial charge in [0.2, 0.25) is 0 Å². The van der Waals surface area contributed by atoms with Gasteiger partial charge in [0.05, 0.1) is 0 Å². The minimum absolute atomic E-state index is 0.236. The summed E-state index contributed by atoms with van der Waals surface area (Å²) in [6, 6.07) is 2.22. The number of aromatic nitrogens is 1. The Morgan fingerprint density at radius 1 is 1.50 bits per heavy atom. The standard InChI is InChI=1S/C10H10F3N3OS/c1-18(17)16(7-14)5-4-8-2-3-9(15-6-8)10(11,12)13/h2-3,6H,4-5H2,1H3/p+1. The number of rotatable bonds is 3. The van der Waals surface area contributed by atoms with E-state index >= 15 is 0 Å². The van der Waals surface area contributed by atoms with Gasteiger partial charge >= 0.3 is 12.4 Å². The number of halogens is 3. The summed E-state index contributed by atoms with van der Waals surface area (Å²) in [7, 11) is -1.17. The van der Waals surface area contributed by atoms with E-state index in [1.807, 2.05) is 0 Å². The molecule has 1 rings (SSSR count). The summed E-state index contributed by atoms with van der Waals surface area (Å²) in [6.07, 6.45) is 0.295. The van der Waals surface area contributed by atoms with Gasteiger partial charge in [-0.15, -0.1) is 3.95 Å². The highest BCUT2D eigenvalue weighted by Gasteiger charge is 2.31. The predicted molar refractivity (Wildman–Crippen MR) is 59.6 cm³/mol. The number of nitrogens with zero attached hydrogens (tertiary/aromatic N) is 3. The molecular weight excluding hydrogens is 267 g/mol. The van der Waals surface area contributed by atoms with Crippen molar-refractivity contribution in [1.82, 2.24) is 4.98 Å². The van der Waals surface area contributed by atoms with Crippen LogP contribution in [0.15, 0.2) is 18.3 Å². The van der Waals surface area contributed by atoms with Crippen molar-refractivity contribution in [3.05, 3.63) is 29.6 Å². The second-order valence-electron chi connectivity index (χ2n) is 3.45. The monoisotopic (exact) mass is 278 g/mol. The Labute approximate surface area is 105 Å². The summed E-state index contributed by atoms with van der Waals surface area (Å²) >= 11 is 0. The van der Waals surface area contributed by atoms with Crippen LogP contribution < -0.4 is 0 Å². The third-order valence-corrected chi connectivity index (χ3v) is 3.05. The molecule has 1 aromatic rings. The van der Waals surface area contributed by atoms with Crippen LogP contribution in [0.25, 0.3) is 0 Å². The molecule has 0 aliphatic carbocycles. The van der Waals surface area contributed by atoms with Gasteiger partial charge in [-0.2, -0.15) is 13.2 Å². The molecule has 1 unspecified atom stereocenters. The fraction of sp³-hybridized carbons (Fsp3) is 0.400. The number of nitriles is 1. The van der Waals surface area contributed by atoms with Crippen molar-refractivity contribution in [1.29, 1.82) is 5.26 Å². The van der Waals surface area contributed by atoms with Gasteiger partial charge in [-0.25, -0.2) is 0 Å². The van der Waals surface area contributed by atoms with E-state index in [2.05, 4.69) is 4.98 Å². The zero-order chi connectivity index (χ0) is 13.8. The third-order valence-electron chi connectivity index (χ3n) is 2.15. The first-order valence-corrected chi connectivity index (χ1v) is 6.44. The van der Waals surface area contributed by atoms with Gasteiger partial charge in [-0.05, 0) is 11.6 Å². The van der Waals surface area contributed by atoms with Crippen molar-refractivity contribution >= 4 is 11.0 Å². The molecule has 0 amide bonds. The number of alkyl halides is 3. The molecule has 8 heteroatoms. The Kier molecular flexibility index (Phi) is 4.81. The van der Waals surface area contributed by atoms with E-state index in [0.29, 0.717) is 12.0 Å². The quantitative estimate of drug-likeness (QED) is 0.523. The molecule has 1 heterocycles. The summed E-state index contributed by atoms with van der Waals surface area (Å²) in [5, 5.41) is 8.68. The lowest BCUT2D eigenvalue weighted by Crippen LogP contribution is -2.14. The fourth-order valence-corrected chi connectivity index (χ4v) is 1.69. The van der Waals surface area contributed by atoms with Crippen molar-refractivity contribution in [3.63, 3.8) is 0 Å². The predicted octanol–water partition coefficient (Wildman–Crippen LogP) is 2.04. The van der Waals surface area contributed by atoms with E-state index in [-0.39, 0.29) is 6.54 Å². The largest absolute Gasteiger partial charge is 0.467 e. The average Bonchev–Trinajstić information content (AvgIpc) is 2.29. The fourth-order valence-electron chi connectivity index (χ4n) is 1.21. The lowest BCUT2D eigenvalue weighted by molar-refractivity contribution is -0.414. The Morgan fingerprint density at radius 2 is 2.17 bits per heavy atom. The Morgan fingerprint density at radius 3 is 2.56 bits per heavy atom. The van der Waals surface area contributed by atoms with Crippen molar-refractivity contribution in [2.24, 2.45) is 0 Å². The highest BCUT2D eigenvalue weighted by atomic mass is 32.2. The third kappa shape index (κ3) is 4.09. The molecule has 18 heavy (non-hydrogen) atoms. The van der Waals surface area contributed by atoms with Crippen LogP contribution in [0.1, 0.15) is 11.3 Å². The Bertz CT molecular complexity index is 487. The molecule has 0 radical (unpaired) electrons. The summed E-state index contributed by atoms with van der Waals surface area (Å²) < 4.78 is 47.1. The highest BCUT2D eigenvalue weighted by molar-refractivity contribution is 7.78. The summed E-state index contributed by atoms with van der Waals surface area (Å²) in [4.78, 5) is 3.31. The highest BCUT2D eigenvalue weighted by Crippen LogP contribution is 2.27. The van der Waals surface area contributed by atoms with Crippen LogP contribution >= 0.6 is 0 Å². The Balaban J connectivity index is 2.72. The number of hydrogen-bond acceptors (Lipinski definition) is 2. The Hall–Kier alpha value is -1.46.